The van der Waals surface area contributed by atoms with E-state index in [1.807, 2.05) is 20.9 Å². The third kappa shape index (κ3) is 4.72. The number of nitrogens with zero attached hydrogens (tertiary/aromatic N) is 4. The molecule has 0 fully saturated rings. The van der Waals surface area contributed by atoms with Crippen molar-refractivity contribution in [3.8, 4) is 22.5 Å². The number of rotatable bonds is 5. The number of benzene rings is 2. The van der Waals surface area contributed by atoms with Crippen LogP contribution in [0, 0.1) is 20.8 Å². The van der Waals surface area contributed by atoms with Crippen LogP contribution in [0.5, 0.6) is 0 Å². The first-order chi connectivity index (χ1) is 16.4. The fourth-order valence-corrected chi connectivity index (χ4v) is 5.42. The Morgan fingerprint density at radius 1 is 1.11 bits per heavy atom. The molecule has 5 N–H and O–H groups in total. The van der Waals surface area contributed by atoms with Crippen molar-refractivity contribution in [2.75, 3.05) is 11.6 Å². The summed E-state index contributed by atoms with van der Waals surface area (Å²) in [4.78, 5) is 4.68. The molecule has 0 radical (unpaired) electrons. The normalized spacial score (nSPS) is 11.7. The average Bonchev–Trinajstić information content (AvgIpc) is 3.07. The Morgan fingerprint density at radius 2 is 1.83 bits per heavy atom. The molecule has 35 heavy (non-hydrogen) atoms. The molecule has 0 amide bonds. The Bertz CT molecular complexity index is 1580. The third-order valence-corrected chi connectivity index (χ3v) is 7.32. The van der Waals surface area contributed by atoms with E-state index in [9.17, 15) is 13.0 Å². The Balaban J connectivity index is 1.92. The maximum atomic E-state index is 12.2. The minimum atomic E-state index is -4.44. The van der Waals surface area contributed by atoms with Crippen molar-refractivity contribution in [1.82, 2.24) is 14.8 Å². The van der Waals surface area contributed by atoms with Gasteiger partial charge in [0, 0.05) is 28.9 Å². The Kier molecular flexibility index (Phi) is 6.31. The van der Waals surface area contributed by atoms with E-state index in [0.717, 1.165) is 16.8 Å². The number of hydrogen-bond donors (Lipinski definition) is 3. The number of aryl methyl sites for hydroxylation is 3. The van der Waals surface area contributed by atoms with Crippen LogP contribution < -0.4 is 16.3 Å². The fourth-order valence-electron chi connectivity index (χ4n) is 4.30. The second-order valence-electron chi connectivity index (χ2n) is 8.56. The standard InChI is InChI=1S/C24H25ClN6O3S/c1-13-7-14(2)23(35(32,33)34)17(8-13)9-16-10-18(25)5-6-19(16)21-12-31(27)24(26)22(29-21)20-11-28-30(4)15(20)3/h5-8,10-12,26H,9,27H2,1-4H3,(H,32,33,34)/p+1. The van der Waals surface area contributed by atoms with Crippen molar-refractivity contribution in [3.05, 3.63) is 75.7 Å². The van der Waals surface area contributed by atoms with Crippen molar-refractivity contribution in [2.45, 2.75) is 32.1 Å². The minimum absolute atomic E-state index is 0.111. The fraction of sp³-hybridized carbons (Fsp3) is 0.208. The summed E-state index contributed by atoms with van der Waals surface area (Å²) in [7, 11) is -2.62. The second-order valence-corrected chi connectivity index (χ2v) is 10.4. The van der Waals surface area contributed by atoms with Crippen LogP contribution in [0.15, 0.2) is 47.6 Å². The van der Waals surface area contributed by atoms with Gasteiger partial charge in [-0.25, -0.2) is 4.98 Å². The molecule has 0 aliphatic carbocycles. The lowest BCUT2D eigenvalue weighted by Crippen LogP contribution is -2.47. The highest BCUT2D eigenvalue weighted by atomic mass is 35.5. The van der Waals surface area contributed by atoms with E-state index in [0.29, 0.717) is 38.7 Å². The molecule has 4 rings (SSSR count). The van der Waals surface area contributed by atoms with Gasteiger partial charge in [-0.05, 0) is 56.0 Å². The van der Waals surface area contributed by atoms with Gasteiger partial charge in [-0.1, -0.05) is 35.4 Å². The summed E-state index contributed by atoms with van der Waals surface area (Å²) >= 11 is 6.32. The van der Waals surface area contributed by atoms with E-state index >= 15 is 0 Å². The van der Waals surface area contributed by atoms with Crippen LogP contribution in [0.2, 0.25) is 5.02 Å². The van der Waals surface area contributed by atoms with Crippen molar-refractivity contribution >= 4 is 27.5 Å². The molecule has 2 aromatic carbocycles. The highest BCUT2D eigenvalue weighted by molar-refractivity contribution is 7.86. The van der Waals surface area contributed by atoms with E-state index in [1.54, 1.807) is 54.3 Å². The molecular formula is C24H26ClN6O3S+. The average molecular weight is 514 g/mol. The van der Waals surface area contributed by atoms with Gasteiger partial charge in [0.25, 0.3) is 10.1 Å². The van der Waals surface area contributed by atoms with Crippen molar-refractivity contribution in [1.29, 1.82) is 0 Å². The number of hydrogen-bond acceptors (Lipinski definition) is 6. The smallest absolute Gasteiger partial charge is 0.283 e. The first kappa shape index (κ1) is 24.6. The number of anilines is 1. The monoisotopic (exact) mass is 513 g/mol. The van der Waals surface area contributed by atoms with Crippen LogP contribution in [0.3, 0.4) is 0 Å². The summed E-state index contributed by atoms with van der Waals surface area (Å²) in [6.07, 6.45) is 3.46. The highest BCUT2D eigenvalue weighted by Crippen LogP contribution is 2.32. The minimum Gasteiger partial charge on any atom is -0.283 e. The molecule has 9 nitrogen and oxygen atoms in total. The molecule has 0 aliphatic rings. The molecule has 0 saturated carbocycles. The Hall–Kier alpha value is -3.47. The summed E-state index contributed by atoms with van der Waals surface area (Å²) in [5.41, 5.74) is 12.0. The van der Waals surface area contributed by atoms with Gasteiger partial charge < -0.3 is 0 Å². The molecule has 4 aromatic rings. The first-order valence-corrected chi connectivity index (χ1v) is 12.5. The lowest BCUT2D eigenvalue weighted by molar-refractivity contribution is -0.623. The van der Waals surface area contributed by atoms with E-state index in [1.165, 1.54) is 4.68 Å². The second kappa shape index (κ2) is 8.95. The van der Waals surface area contributed by atoms with E-state index < -0.39 is 10.1 Å². The van der Waals surface area contributed by atoms with Gasteiger partial charge >= 0.3 is 5.82 Å². The molecule has 0 bridgehead atoms. The van der Waals surface area contributed by atoms with Crippen molar-refractivity contribution in [3.63, 3.8) is 0 Å². The van der Waals surface area contributed by atoms with Gasteiger partial charge in [0.05, 0.1) is 6.20 Å². The van der Waals surface area contributed by atoms with E-state index in [4.69, 9.17) is 28.2 Å². The van der Waals surface area contributed by atoms with Crippen molar-refractivity contribution in [2.24, 2.45) is 7.05 Å². The van der Waals surface area contributed by atoms with Gasteiger partial charge in [0.1, 0.15) is 16.8 Å². The number of nitrogen functional groups attached to an aromatic ring is 2. The zero-order valence-corrected chi connectivity index (χ0v) is 21.3. The van der Waals surface area contributed by atoms with Gasteiger partial charge in [0.15, 0.2) is 5.69 Å². The Labute approximate surface area is 208 Å². The summed E-state index contributed by atoms with van der Waals surface area (Å²) in [5, 5.41) is 4.75. The zero-order chi connectivity index (χ0) is 25.7. The summed E-state index contributed by atoms with van der Waals surface area (Å²) in [6, 6.07) is 8.72. The largest absolute Gasteiger partial charge is 0.322 e. The van der Waals surface area contributed by atoms with Crippen LogP contribution in [0.1, 0.15) is 27.9 Å². The summed E-state index contributed by atoms with van der Waals surface area (Å²) in [5.74, 6) is 6.46. The lowest BCUT2D eigenvalue weighted by Gasteiger charge is -2.15. The van der Waals surface area contributed by atoms with Gasteiger partial charge in [-0.3, -0.25) is 20.8 Å². The molecule has 0 unspecified atom stereocenters. The predicted molar refractivity (Wildman–Crippen MR) is 135 cm³/mol. The molecule has 0 atom stereocenters. The first-order valence-electron chi connectivity index (χ1n) is 10.7. The lowest BCUT2D eigenvalue weighted by atomic mass is 9.95. The SMILES string of the molecule is Cc1cc(C)c(S(=O)(=O)O)c(Cc2cc(Cl)ccc2-c2c[n+](N)c(N)c(-c3cnn(C)c3C)n2)c1. The maximum Gasteiger partial charge on any atom is 0.322 e. The summed E-state index contributed by atoms with van der Waals surface area (Å²) in [6.45, 7) is 5.42. The molecule has 182 valence electrons. The number of aromatic nitrogens is 4. The van der Waals surface area contributed by atoms with Crippen LogP contribution in [-0.2, 0) is 23.6 Å². The highest BCUT2D eigenvalue weighted by Gasteiger charge is 2.23. The molecule has 2 heterocycles. The third-order valence-electron chi connectivity index (χ3n) is 5.98. The topological polar surface area (TPSA) is 141 Å². The van der Waals surface area contributed by atoms with Crippen LogP contribution in [0.25, 0.3) is 22.5 Å². The van der Waals surface area contributed by atoms with Crippen LogP contribution >= 0.6 is 11.6 Å². The molecule has 0 spiro atoms. The molecule has 0 saturated heterocycles. The Morgan fingerprint density at radius 3 is 2.46 bits per heavy atom. The molecule has 0 aliphatic heterocycles. The van der Waals surface area contributed by atoms with Gasteiger partial charge in [-0.2, -0.15) is 13.5 Å². The number of halogens is 1. The van der Waals surface area contributed by atoms with Crippen LogP contribution in [-0.4, -0.2) is 27.7 Å². The van der Waals surface area contributed by atoms with E-state index in [-0.39, 0.29) is 17.1 Å². The molecular weight excluding hydrogens is 488 g/mol. The molecule has 11 heteroatoms. The maximum absolute atomic E-state index is 12.2. The van der Waals surface area contributed by atoms with Gasteiger partial charge in [0.2, 0.25) is 0 Å². The van der Waals surface area contributed by atoms with Crippen LogP contribution in [0.4, 0.5) is 5.82 Å². The van der Waals surface area contributed by atoms with E-state index in [2.05, 4.69) is 5.10 Å². The van der Waals surface area contributed by atoms with Gasteiger partial charge in [-0.15, -0.1) is 4.68 Å². The number of nitrogens with two attached hydrogens (primary N) is 2. The van der Waals surface area contributed by atoms with Crippen molar-refractivity contribution < 1.29 is 17.6 Å². The molecule has 2 aromatic heterocycles. The summed E-state index contributed by atoms with van der Waals surface area (Å²) < 4.78 is 37.3. The predicted octanol–water partition coefficient (Wildman–Crippen LogP) is 3.15. The quantitative estimate of drug-likeness (QED) is 0.211. The zero-order valence-electron chi connectivity index (χ0n) is 19.7.